The first-order valence-electron chi connectivity index (χ1n) is 9.92. The first-order valence-corrected chi connectivity index (χ1v) is 9.92. The van der Waals surface area contributed by atoms with E-state index in [2.05, 4.69) is 0 Å². The molecule has 0 aliphatic carbocycles. The number of epoxide rings is 1. The van der Waals surface area contributed by atoms with Crippen LogP contribution >= 0.6 is 0 Å². The molecule has 0 unspecified atom stereocenters. The Balaban J connectivity index is 2.14. The fraction of sp³-hybridized carbons (Fsp3) is 0.857. The predicted octanol–water partition coefficient (Wildman–Crippen LogP) is 2.96. The smallest absolute Gasteiger partial charge is 0.314 e. The third kappa shape index (κ3) is 5.48. The van der Waals surface area contributed by atoms with Gasteiger partial charge in [-0.3, -0.25) is 19.1 Å². The molecular weight excluding hydrogens is 380 g/mol. The molecule has 2 rings (SSSR count). The van der Waals surface area contributed by atoms with Gasteiger partial charge < -0.3 is 18.9 Å². The van der Waals surface area contributed by atoms with Gasteiger partial charge in [0.25, 0.3) is 0 Å². The maximum absolute atomic E-state index is 12.5. The Kier molecular flexibility index (Phi) is 6.14. The van der Waals surface area contributed by atoms with Crippen molar-refractivity contribution in [3.8, 4) is 0 Å². The zero-order chi connectivity index (χ0) is 22.4. The Bertz CT molecular complexity index is 664. The average Bonchev–Trinajstić information content (AvgIpc) is 3.23. The van der Waals surface area contributed by atoms with Crippen LogP contribution in [0, 0.1) is 16.2 Å². The molecule has 8 heteroatoms. The van der Waals surface area contributed by atoms with E-state index in [1.54, 1.807) is 62.3 Å². The zero-order valence-electron chi connectivity index (χ0n) is 18.9. The zero-order valence-corrected chi connectivity index (χ0v) is 18.9. The van der Waals surface area contributed by atoms with Crippen LogP contribution in [0.25, 0.3) is 0 Å². The average molecular weight is 414 g/mol. The minimum atomic E-state index is -1.46. The topological polar surface area (TPSA) is 101 Å². The van der Waals surface area contributed by atoms with E-state index in [9.17, 15) is 14.4 Å². The third-order valence-corrected chi connectivity index (χ3v) is 4.54. The summed E-state index contributed by atoms with van der Waals surface area (Å²) >= 11 is 0. The lowest BCUT2D eigenvalue weighted by atomic mass is 9.95. The van der Waals surface area contributed by atoms with Crippen LogP contribution in [0.1, 0.15) is 68.7 Å². The number of hydrogen-bond acceptors (Lipinski definition) is 8. The second-order valence-corrected chi connectivity index (χ2v) is 10.8. The minimum Gasteiger partial charge on any atom is -0.463 e. The molecule has 0 radical (unpaired) electrons. The molecule has 4 atom stereocenters. The van der Waals surface area contributed by atoms with Gasteiger partial charge in [-0.15, -0.1) is 0 Å². The number of carbonyl (C=O) groups excluding carboxylic acids is 3. The summed E-state index contributed by atoms with van der Waals surface area (Å²) in [5, 5.41) is 0. The lowest BCUT2D eigenvalue weighted by Gasteiger charge is -2.34. The van der Waals surface area contributed by atoms with E-state index in [4.69, 9.17) is 23.7 Å². The van der Waals surface area contributed by atoms with Crippen LogP contribution in [0.5, 0.6) is 0 Å². The summed E-state index contributed by atoms with van der Waals surface area (Å²) in [7, 11) is 0. The highest BCUT2D eigenvalue weighted by Crippen LogP contribution is 2.50. The Hall–Kier alpha value is -1.67. The van der Waals surface area contributed by atoms with Crippen LogP contribution < -0.4 is 0 Å². The molecule has 2 aliphatic heterocycles. The molecule has 29 heavy (non-hydrogen) atoms. The van der Waals surface area contributed by atoms with E-state index >= 15 is 0 Å². The van der Waals surface area contributed by atoms with Gasteiger partial charge in [0.1, 0.15) is 6.61 Å². The van der Waals surface area contributed by atoms with Crippen molar-refractivity contribution in [3.05, 3.63) is 0 Å². The normalized spacial score (nSPS) is 29.5. The van der Waals surface area contributed by atoms with E-state index < -0.39 is 52.5 Å². The van der Waals surface area contributed by atoms with Crippen molar-refractivity contribution in [2.45, 2.75) is 93.0 Å². The summed E-state index contributed by atoms with van der Waals surface area (Å²) in [5.41, 5.74) is -2.15. The van der Waals surface area contributed by atoms with Crippen LogP contribution in [0.4, 0.5) is 0 Å². The van der Waals surface area contributed by atoms with E-state index in [1.807, 2.05) is 0 Å². The van der Waals surface area contributed by atoms with Crippen LogP contribution in [-0.2, 0) is 38.1 Å². The van der Waals surface area contributed by atoms with Crippen LogP contribution in [-0.4, -0.2) is 48.8 Å². The number of ether oxygens (including phenoxy) is 5. The maximum Gasteiger partial charge on any atom is 0.314 e. The van der Waals surface area contributed by atoms with E-state index in [-0.39, 0.29) is 19.0 Å². The van der Waals surface area contributed by atoms with Crippen molar-refractivity contribution in [1.82, 2.24) is 0 Å². The lowest BCUT2D eigenvalue weighted by Crippen LogP contribution is -2.50. The number of carbonyl (C=O) groups is 3. The van der Waals surface area contributed by atoms with Crippen molar-refractivity contribution >= 4 is 17.9 Å². The molecule has 0 bridgehead atoms. The highest BCUT2D eigenvalue weighted by atomic mass is 16.9. The van der Waals surface area contributed by atoms with Crippen LogP contribution in [0.15, 0.2) is 0 Å². The summed E-state index contributed by atoms with van der Waals surface area (Å²) < 4.78 is 28.0. The number of hydrogen-bond donors (Lipinski definition) is 0. The number of fused-ring (bicyclic) bond motifs is 1. The number of esters is 3. The minimum absolute atomic E-state index is 0.0111. The van der Waals surface area contributed by atoms with Crippen molar-refractivity contribution < 1.29 is 38.1 Å². The maximum atomic E-state index is 12.5. The van der Waals surface area contributed by atoms with Gasteiger partial charge in [-0.05, 0) is 62.3 Å². The highest BCUT2D eigenvalue weighted by molar-refractivity contribution is 5.77. The SMILES string of the molecule is CC(C)(C)C(=O)OC[C@H]1C[C@H](OC(=O)C(C)(C)C)[C@]2(OC(=O)C(C)(C)C)O[C@@H]2O1. The molecule has 2 aliphatic rings. The van der Waals surface area contributed by atoms with E-state index in [0.717, 1.165) is 0 Å². The monoisotopic (exact) mass is 414 g/mol. The molecule has 166 valence electrons. The molecule has 0 N–H and O–H groups in total. The van der Waals surface area contributed by atoms with Crippen LogP contribution in [0.3, 0.4) is 0 Å². The molecule has 0 amide bonds. The van der Waals surface area contributed by atoms with Gasteiger partial charge in [-0.2, -0.15) is 0 Å². The predicted molar refractivity (Wildman–Crippen MR) is 102 cm³/mol. The Labute approximate surface area is 172 Å². The Morgan fingerprint density at radius 3 is 1.86 bits per heavy atom. The van der Waals surface area contributed by atoms with Crippen molar-refractivity contribution in [2.24, 2.45) is 16.2 Å². The summed E-state index contributed by atoms with van der Waals surface area (Å²) in [6, 6.07) is 0. The van der Waals surface area contributed by atoms with Gasteiger partial charge >= 0.3 is 23.7 Å². The molecule has 0 saturated carbocycles. The molecule has 8 nitrogen and oxygen atoms in total. The van der Waals surface area contributed by atoms with E-state index in [1.165, 1.54) is 0 Å². The van der Waals surface area contributed by atoms with Gasteiger partial charge in [0.05, 0.1) is 22.3 Å². The van der Waals surface area contributed by atoms with Gasteiger partial charge in [-0.25, -0.2) is 0 Å². The first-order chi connectivity index (χ1) is 13.0. The second-order valence-electron chi connectivity index (χ2n) is 10.8. The molecule has 0 aromatic heterocycles. The molecule has 0 aromatic rings. The van der Waals surface area contributed by atoms with Crippen molar-refractivity contribution in [2.75, 3.05) is 6.61 Å². The Morgan fingerprint density at radius 1 is 0.862 bits per heavy atom. The number of rotatable bonds is 4. The second kappa shape index (κ2) is 7.54. The molecule has 2 heterocycles. The van der Waals surface area contributed by atoms with Crippen LogP contribution in [0.2, 0.25) is 0 Å². The van der Waals surface area contributed by atoms with E-state index in [0.29, 0.717) is 0 Å². The summed E-state index contributed by atoms with van der Waals surface area (Å²) in [5.74, 6) is -2.76. The third-order valence-electron chi connectivity index (χ3n) is 4.54. The molecule has 2 saturated heterocycles. The van der Waals surface area contributed by atoms with Crippen molar-refractivity contribution in [1.29, 1.82) is 0 Å². The quantitative estimate of drug-likeness (QED) is 0.393. The largest absolute Gasteiger partial charge is 0.463 e. The summed E-state index contributed by atoms with van der Waals surface area (Å²) in [6.07, 6.45) is -2.11. The molecule has 2 fully saturated rings. The first kappa shape index (κ1) is 23.6. The molecule has 0 spiro atoms. The molecular formula is C21H34O8. The summed E-state index contributed by atoms with van der Waals surface area (Å²) in [4.78, 5) is 37.0. The fourth-order valence-electron chi connectivity index (χ4n) is 2.48. The fourth-order valence-corrected chi connectivity index (χ4v) is 2.48. The highest BCUT2D eigenvalue weighted by Gasteiger charge is 2.73. The lowest BCUT2D eigenvalue weighted by molar-refractivity contribution is -0.210. The van der Waals surface area contributed by atoms with Gasteiger partial charge in [-0.1, -0.05) is 0 Å². The summed E-state index contributed by atoms with van der Waals surface area (Å²) in [6.45, 7) is 15.6. The molecule has 0 aromatic carbocycles. The van der Waals surface area contributed by atoms with Gasteiger partial charge in [0.2, 0.25) is 6.29 Å². The van der Waals surface area contributed by atoms with Gasteiger partial charge in [0.15, 0.2) is 6.10 Å². The van der Waals surface area contributed by atoms with Gasteiger partial charge in [0, 0.05) is 6.42 Å². The van der Waals surface area contributed by atoms with Crippen molar-refractivity contribution in [3.63, 3.8) is 0 Å². The Morgan fingerprint density at radius 2 is 1.38 bits per heavy atom. The standard InChI is InChI=1S/C21H34O8/c1-18(2,3)14(22)25-11-12-10-13(27-15(23)19(4,5)6)21(17(26-12)29-21)28-16(24)20(7,8)9/h12-13,17H,10-11H2,1-9H3/t12-,13+,17+,21+/m1/s1.